The largest absolute Gasteiger partial charge is 0.482 e. The average Bonchev–Trinajstić information content (AvgIpc) is 2.25. The summed E-state index contributed by atoms with van der Waals surface area (Å²) in [6.07, 6.45) is 1.23. The fraction of sp³-hybridized carbons (Fsp3) is 0.200. The van der Waals surface area contributed by atoms with Gasteiger partial charge in [-0.2, -0.15) is 0 Å². The summed E-state index contributed by atoms with van der Waals surface area (Å²) in [5.74, 6) is 1.16. The molecule has 0 saturated heterocycles. The van der Waals surface area contributed by atoms with Crippen LogP contribution in [-0.2, 0) is 15.7 Å². The summed E-state index contributed by atoms with van der Waals surface area (Å²) in [6, 6.07) is 7.43. The number of fused-ring (bicyclic) bond motifs is 1. The van der Waals surface area contributed by atoms with Gasteiger partial charge in [0.05, 0.1) is 0 Å². The van der Waals surface area contributed by atoms with E-state index < -0.39 is 13.9 Å². The molecule has 2 rings (SSSR count). The molecule has 0 unspecified atom stereocenters. The summed E-state index contributed by atoms with van der Waals surface area (Å²) in [6.45, 7) is 0. The zero-order valence-electron chi connectivity index (χ0n) is 8.37. The lowest BCUT2D eigenvalue weighted by Crippen LogP contribution is -2.06. The van der Waals surface area contributed by atoms with Crippen molar-refractivity contribution in [3.8, 4) is 5.75 Å². The predicted molar refractivity (Wildman–Crippen MR) is 56.9 cm³/mol. The molecule has 0 aliphatic carbocycles. The molecule has 0 atom stereocenters. The van der Waals surface area contributed by atoms with Crippen LogP contribution in [0.1, 0.15) is 5.56 Å². The van der Waals surface area contributed by atoms with E-state index in [1.54, 1.807) is 0 Å². The molecule has 1 heterocycles. The summed E-state index contributed by atoms with van der Waals surface area (Å²) in [4.78, 5) is 17.3. The first-order valence-electron chi connectivity index (χ1n) is 4.65. The summed E-state index contributed by atoms with van der Waals surface area (Å²) < 4.78 is 20.9. The van der Waals surface area contributed by atoms with E-state index in [2.05, 4.69) is 0 Å². The quantitative estimate of drug-likeness (QED) is 0.787. The van der Waals surface area contributed by atoms with Gasteiger partial charge in [0.1, 0.15) is 17.8 Å². The van der Waals surface area contributed by atoms with Crippen LogP contribution in [0.25, 0.3) is 0 Å². The Balaban J connectivity index is 2.02. The molecule has 0 amide bonds. The maximum absolute atomic E-state index is 10.6. The number of ether oxygens (including phenoxy) is 2. The molecular weight excluding hydrogens is 231 g/mol. The van der Waals surface area contributed by atoms with Crippen molar-refractivity contribution in [2.24, 2.45) is 0 Å². The molecule has 1 aromatic rings. The summed E-state index contributed by atoms with van der Waals surface area (Å²) >= 11 is 0. The van der Waals surface area contributed by atoms with Crippen LogP contribution in [0.15, 0.2) is 36.3 Å². The van der Waals surface area contributed by atoms with Gasteiger partial charge >= 0.3 is 7.60 Å². The summed E-state index contributed by atoms with van der Waals surface area (Å²) in [5.41, 5.74) is 0.936. The molecule has 0 fully saturated rings. The van der Waals surface area contributed by atoms with Crippen LogP contribution < -0.4 is 4.74 Å². The maximum atomic E-state index is 10.6. The highest BCUT2D eigenvalue weighted by atomic mass is 31.2. The molecule has 2 N–H and O–H groups in total. The van der Waals surface area contributed by atoms with E-state index in [1.807, 2.05) is 24.3 Å². The van der Waals surface area contributed by atoms with Crippen molar-refractivity contribution in [1.29, 1.82) is 0 Å². The summed E-state index contributed by atoms with van der Waals surface area (Å²) in [7, 11) is -4.14. The fourth-order valence-corrected chi connectivity index (χ4v) is 1.71. The van der Waals surface area contributed by atoms with E-state index in [9.17, 15) is 4.57 Å². The minimum Gasteiger partial charge on any atom is -0.482 e. The van der Waals surface area contributed by atoms with Gasteiger partial charge in [-0.1, -0.05) is 18.2 Å². The molecule has 0 radical (unpaired) electrons. The molecule has 1 aliphatic rings. The lowest BCUT2D eigenvalue weighted by Gasteiger charge is -2.17. The average molecular weight is 242 g/mol. The van der Waals surface area contributed by atoms with Crippen molar-refractivity contribution in [2.75, 3.05) is 6.35 Å². The first-order chi connectivity index (χ1) is 7.54. The zero-order chi connectivity index (χ0) is 11.6. The molecule has 0 bridgehead atoms. The van der Waals surface area contributed by atoms with E-state index in [-0.39, 0.29) is 0 Å². The molecule has 86 valence electrons. The number of hydrogen-bond donors (Lipinski definition) is 2. The van der Waals surface area contributed by atoms with E-state index in [4.69, 9.17) is 19.3 Å². The Morgan fingerprint density at radius 3 is 2.88 bits per heavy atom. The third-order valence-corrected chi connectivity index (χ3v) is 2.54. The standard InChI is InChI=1S/C10H11O5P/c11-16(12,13)7-15-9-5-8-3-1-2-4-10(8)14-6-9/h1-4,6H,5,7H2,(H2,11,12,13). The molecule has 16 heavy (non-hydrogen) atoms. The highest BCUT2D eigenvalue weighted by molar-refractivity contribution is 7.51. The topological polar surface area (TPSA) is 76.0 Å². The van der Waals surface area contributed by atoms with Gasteiger partial charge in [-0.3, -0.25) is 4.57 Å². The molecule has 0 aromatic heterocycles. The van der Waals surface area contributed by atoms with Crippen LogP contribution in [0.4, 0.5) is 0 Å². The van der Waals surface area contributed by atoms with Crippen LogP contribution in [0.5, 0.6) is 5.75 Å². The molecule has 6 heteroatoms. The Morgan fingerprint density at radius 2 is 2.12 bits per heavy atom. The Kier molecular flexibility index (Phi) is 3.01. The van der Waals surface area contributed by atoms with Crippen LogP contribution in [0, 0.1) is 0 Å². The van der Waals surface area contributed by atoms with E-state index in [0.717, 1.165) is 11.3 Å². The number of benzene rings is 1. The first kappa shape index (κ1) is 11.2. The Bertz CT molecular complexity index is 462. The van der Waals surface area contributed by atoms with Gasteiger partial charge in [-0.25, -0.2) is 0 Å². The second kappa shape index (κ2) is 4.29. The minimum atomic E-state index is -4.14. The predicted octanol–water partition coefficient (Wildman–Crippen LogP) is 1.61. The van der Waals surface area contributed by atoms with E-state index >= 15 is 0 Å². The maximum Gasteiger partial charge on any atom is 0.362 e. The molecule has 1 aliphatic heterocycles. The van der Waals surface area contributed by atoms with Gasteiger partial charge in [-0.15, -0.1) is 0 Å². The number of rotatable bonds is 3. The Morgan fingerprint density at radius 1 is 1.38 bits per heavy atom. The zero-order valence-corrected chi connectivity index (χ0v) is 9.26. The SMILES string of the molecule is O=P(O)(O)COC1=COc2ccccc2C1. The highest BCUT2D eigenvalue weighted by Crippen LogP contribution is 2.36. The normalized spacial score (nSPS) is 14.8. The fourth-order valence-electron chi connectivity index (χ4n) is 1.38. The van der Waals surface area contributed by atoms with Crippen LogP contribution in [0.2, 0.25) is 0 Å². The number of hydrogen-bond acceptors (Lipinski definition) is 3. The van der Waals surface area contributed by atoms with Crippen molar-refractivity contribution in [3.63, 3.8) is 0 Å². The van der Waals surface area contributed by atoms with Gasteiger partial charge in [0.15, 0.2) is 6.35 Å². The van der Waals surface area contributed by atoms with Crippen LogP contribution >= 0.6 is 7.60 Å². The second-order valence-electron chi connectivity index (χ2n) is 3.42. The number of para-hydroxylation sites is 1. The Labute approximate surface area is 92.5 Å². The van der Waals surface area contributed by atoms with Crippen molar-refractivity contribution >= 4 is 7.60 Å². The van der Waals surface area contributed by atoms with Gasteiger partial charge in [0.25, 0.3) is 0 Å². The van der Waals surface area contributed by atoms with Gasteiger partial charge in [0.2, 0.25) is 0 Å². The van der Waals surface area contributed by atoms with E-state index in [0.29, 0.717) is 12.2 Å². The van der Waals surface area contributed by atoms with Gasteiger partial charge in [0, 0.05) is 12.0 Å². The Hall–Kier alpha value is -1.29. The third-order valence-electron chi connectivity index (χ3n) is 2.07. The van der Waals surface area contributed by atoms with Gasteiger partial charge < -0.3 is 19.3 Å². The number of allylic oxidation sites excluding steroid dienone is 1. The lowest BCUT2D eigenvalue weighted by atomic mass is 10.1. The molecule has 1 aromatic carbocycles. The highest BCUT2D eigenvalue weighted by Gasteiger charge is 2.18. The smallest absolute Gasteiger partial charge is 0.362 e. The third kappa shape index (κ3) is 2.85. The molecule has 5 nitrogen and oxygen atoms in total. The van der Waals surface area contributed by atoms with Crippen molar-refractivity contribution in [2.45, 2.75) is 6.42 Å². The van der Waals surface area contributed by atoms with Crippen molar-refractivity contribution < 1.29 is 23.8 Å². The minimum absolute atomic E-state index is 0.419. The second-order valence-corrected chi connectivity index (χ2v) is 5.01. The van der Waals surface area contributed by atoms with Crippen molar-refractivity contribution in [3.05, 3.63) is 41.9 Å². The lowest BCUT2D eigenvalue weighted by molar-refractivity contribution is 0.208. The molecular formula is C10H11O5P. The van der Waals surface area contributed by atoms with Crippen LogP contribution in [-0.4, -0.2) is 16.1 Å². The first-order valence-corrected chi connectivity index (χ1v) is 6.45. The van der Waals surface area contributed by atoms with Crippen molar-refractivity contribution in [1.82, 2.24) is 0 Å². The van der Waals surface area contributed by atoms with E-state index in [1.165, 1.54) is 6.26 Å². The summed E-state index contributed by atoms with van der Waals surface area (Å²) in [5, 5.41) is 0. The molecule has 0 spiro atoms. The molecule has 0 saturated carbocycles. The van der Waals surface area contributed by atoms with Crippen LogP contribution in [0.3, 0.4) is 0 Å². The monoisotopic (exact) mass is 242 g/mol. The van der Waals surface area contributed by atoms with Gasteiger partial charge in [-0.05, 0) is 6.07 Å².